The third-order valence-corrected chi connectivity index (χ3v) is 2.18. The molecule has 0 heterocycles. The molecule has 15 heavy (non-hydrogen) atoms. The van der Waals surface area contributed by atoms with Crippen LogP contribution in [0.1, 0.15) is 26.7 Å². The van der Waals surface area contributed by atoms with Crippen molar-refractivity contribution in [2.45, 2.75) is 26.7 Å². The Balaban J connectivity index is 4.52. The summed E-state index contributed by atoms with van der Waals surface area (Å²) in [5.41, 5.74) is 2.35. The van der Waals surface area contributed by atoms with Gasteiger partial charge >= 0.3 is 0 Å². The van der Waals surface area contributed by atoms with Crippen molar-refractivity contribution in [3.8, 4) is 0 Å². The van der Waals surface area contributed by atoms with Crippen LogP contribution in [0.2, 0.25) is 0 Å². The SMILES string of the molecule is C=CC=CC(=C)C(=CN(C)CCC)CC. The molecular weight excluding hydrogens is 182 g/mol. The predicted molar refractivity (Wildman–Crippen MR) is 69.8 cm³/mol. The molecule has 0 aliphatic rings. The van der Waals surface area contributed by atoms with Gasteiger partial charge in [0.15, 0.2) is 0 Å². The fourth-order valence-electron chi connectivity index (χ4n) is 1.38. The Bertz CT molecular complexity index is 259. The molecule has 0 saturated carbocycles. The average molecular weight is 205 g/mol. The Morgan fingerprint density at radius 1 is 1.33 bits per heavy atom. The van der Waals surface area contributed by atoms with Gasteiger partial charge in [0, 0.05) is 19.8 Å². The number of hydrogen-bond acceptors (Lipinski definition) is 1. The Morgan fingerprint density at radius 2 is 2.00 bits per heavy atom. The Morgan fingerprint density at radius 3 is 2.47 bits per heavy atom. The van der Waals surface area contributed by atoms with E-state index in [-0.39, 0.29) is 0 Å². The molecule has 0 aromatic rings. The second-order valence-electron chi connectivity index (χ2n) is 3.61. The van der Waals surface area contributed by atoms with Crippen LogP contribution in [-0.2, 0) is 0 Å². The summed E-state index contributed by atoms with van der Waals surface area (Å²) in [6.07, 6.45) is 10.1. The van der Waals surface area contributed by atoms with E-state index < -0.39 is 0 Å². The van der Waals surface area contributed by atoms with Gasteiger partial charge in [-0.3, -0.25) is 0 Å². The van der Waals surface area contributed by atoms with Crippen molar-refractivity contribution in [2.75, 3.05) is 13.6 Å². The summed E-state index contributed by atoms with van der Waals surface area (Å²) >= 11 is 0. The van der Waals surface area contributed by atoms with Gasteiger partial charge in [0.2, 0.25) is 0 Å². The largest absolute Gasteiger partial charge is 0.380 e. The van der Waals surface area contributed by atoms with Crippen molar-refractivity contribution in [1.82, 2.24) is 4.90 Å². The molecule has 1 heteroatoms. The lowest BCUT2D eigenvalue weighted by Gasteiger charge is -2.15. The predicted octanol–water partition coefficient (Wildman–Crippen LogP) is 3.92. The highest BCUT2D eigenvalue weighted by Crippen LogP contribution is 2.14. The van der Waals surface area contributed by atoms with Gasteiger partial charge in [-0.15, -0.1) is 0 Å². The van der Waals surface area contributed by atoms with Crippen molar-refractivity contribution < 1.29 is 0 Å². The van der Waals surface area contributed by atoms with E-state index in [9.17, 15) is 0 Å². The van der Waals surface area contributed by atoms with E-state index in [1.807, 2.05) is 12.2 Å². The van der Waals surface area contributed by atoms with Crippen molar-refractivity contribution in [1.29, 1.82) is 0 Å². The van der Waals surface area contributed by atoms with Crippen LogP contribution in [0.5, 0.6) is 0 Å². The van der Waals surface area contributed by atoms with E-state index >= 15 is 0 Å². The van der Waals surface area contributed by atoms with Crippen LogP contribution in [0.25, 0.3) is 0 Å². The third kappa shape index (κ3) is 5.95. The summed E-state index contributed by atoms with van der Waals surface area (Å²) < 4.78 is 0. The minimum atomic E-state index is 1.01. The second kappa shape index (κ2) is 8.10. The zero-order chi connectivity index (χ0) is 11.7. The third-order valence-electron chi connectivity index (χ3n) is 2.18. The second-order valence-corrected chi connectivity index (χ2v) is 3.61. The minimum Gasteiger partial charge on any atom is -0.380 e. The fraction of sp³-hybridized carbons (Fsp3) is 0.429. The van der Waals surface area contributed by atoms with Gasteiger partial charge in [-0.1, -0.05) is 45.2 Å². The first-order chi connectivity index (χ1) is 7.15. The van der Waals surface area contributed by atoms with Crippen LogP contribution in [-0.4, -0.2) is 18.5 Å². The van der Waals surface area contributed by atoms with E-state index in [4.69, 9.17) is 0 Å². The number of rotatable bonds is 7. The van der Waals surface area contributed by atoms with E-state index in [0.29, 0.717) is 0 Å². The summed E-state index contributed by atoms with van der Waals surface area (Å²) in [7, 11) is 2.10. The van der Waals surface area contributed by atoms with E-state index in [1.54, 1.807) is 6.08 Å². The molecule has 0 aromatic heterocycles. The molecule has 0 rings (SSSR count). The van der Waals surface area contributed by atoms with Gasteiger partial charge in [0.05, 0.1) is 0 Å². The molecule has 0 radical (unpaired) electrons. The molecule has 0 aliphatic carbocycles. The number of hydrogen-bond donors (Lipinski definition) is 0. The van der Waals surface area contributed by atoms with Crippen molar-refractivity contribution in [3.63, 3.8) is 0 Å². The zero-order valence-electron chi connectivity index (χ0n) is 10.3. The highest BCUT2D eigenvalue weighted by Gasteiger charge is 1.98. The van der Waals surface area contributed by atoms with E-state index in [0.717, 1.165) is 18.5 Å². The molecule has 1 nitrogen and oxygen atoms in total. The molecule has 0 bridgehead atoms. The highest BCUT2D eigenvalue weighted by atomic mass is 15.1. The first-order valence-corrected chi connectivity index (χ1v) is 5.55. The molecule has 0 aromatic carbocycles. The topological polar surface area (TPSA) is 3.24 Å². The van der Waals surface area contributed by atoms with Gasteiger partial charge in [0.1, 0.15) is 0 Å². The van der Waals surface area contributed by atoms with Gasteiger partial charge in [-0.05, 0) is 24.0 Å². The normalized spacial score (nSPS) is 11.8. The average Bonchev–Trinajstić information content (AvgIpc) is 2.22. The van der Waals surface area contributed by atoms with Crippen LogP contribution in [0.3, 0.4) is 0 Å². The lowest BCUT2D eigenvalue weighted by molar-refractivity contribution is 0.450. The summed E-state index contributed by atoms with van der Waals surface area (Å²) in [5, 5.41) is 0. The summed E-state index contributed by atoms with van der Waals surface area (Å²) in [6.45, 7) is 13.1. The van der Waals surface area contributed by atoms with Gasteiger partial charge in [-0.2, -0.15) is 0 Å². The molecule has 0 unspecified atom stereocenters. The van der Waals surface area contributed by atoms with Crippen LogP contribution >= 0.6 is 0 Å². The van der Waals surface area contributed by atoms with Crippen molar-refractivity contribution in [3.05, 3.63) is 48.7 Å². The molecule has 0 aliphatic heterocycles. The summed E-state index contributed by atoms with van der Waals surface area (Å²) in [6, 6.07) is 0. The molecule has 0 spiro atoms. The lowest BCUT2D eigenvalue weighted by atomic mass is 10.1. The number of allylic oxidation sites excluding steroid dienone is 5. The fourth-order valence-corrected chi connectivity index (χ4v) is 1.38. The monoisotopic (exact) mass is 205 g/mol. The molecular formula is C14H23N. The van der Waals surface area contributed by atoms with E-state index in [1.165, 1.54) is 12.0 Å². The van der Waals surface area contributed by atoms with Crippen LogP contribution in [0, 0.1) is 0 Å². The Labute approximate surface area is 94.5 Å². The van der Waals surface area contributed by atoms with E-state index in [2.05, 4.69) is 45.2 Å². The molecule has 0 fully saturated rings. The first-order valence-electron chi connectivity index (χ1n) is 5.55. The van der Waals surface area contributed by atoms with Crippen molar-refractivity contribution >= 4 is 0 Å². The maximum atomic E-state index is 4.05. The molecule has 0 N–H and O–H groups in total. The highest BCUT2D eigenvalue weighted by molar-refractivity contribution is 5.37. The smallest absolute Gasteiger partial charge is 0.0166 e. The first kappa shape index (κ1) is 13.8. The maximum absolute atomic E-state index is 4.05. The molecule has 0 saturated heterocycles. The summed E-state index contributed by atoms with van der Waals surface area (Å²) in [4.78, 5) is 2.21. The lowest BCUT2D eigenvalue weighted by Crippen LogP contribution is -2.12. The van der Waals surface area contributed by atoms with Crippen LogP contribution < -0.4 is 0 Å². The molecule has 0 atom stereocenters. The van der Waals surface area contributed by atoms with Gasteiger partial charge < -0.3 is 4.90 Å². The quantitative estimate of drug-likeness (QED) is 0.569. The Hall–Kier alpha value is -1.24. The standard InChI is InChI=1S/C14H23N/c1-6-9-10-13(4)14(8-3)12-15(5)11-7-2/h6,9-10,12H,1,4,7-8,11H2,2-3,5H3. The minimum absolute atomic E-state index is 1.01. The van der Waals surface area contributed by atoms with Crippen LogP contribution in [0.15, 0.2) is 48.7 Å². The number of nitrogens with zero attached hydrogens (tertiary/aromatic N) is 1. The molecule has 0 amide bonds. The van der Waals surface area contributed by atoms with Crippen LogP contribution in [0.4, 0.5) is 0 Å². The maximum Gasteiger partial charge on any atom is 0.0166 e. The zero-order valence-corrected chi connectivity index (χ0v) is 10.3. The Kier molecular flexibility index (Phi) is 7.43. The molecule has 84 valence electrons. The van der Waals surface area contributed by atoms with Crippen molar-refractivity contribution in [2.24, 2.45) is 0 Å². The van der Waals surface area contributed by atoms with Gasteiger partial charge in [0.25, 0.3) is 0 Å². The van der Waals surface area contributed by atoms with Gasteiger partial charge in [-0.25, -0.2) is 0 Å². The summed E-state index contributed by atoms with van der Waals surface area (Å²) in [5.74, 6) is 0.